The number of hydrogen-bond donors (Lipinski definition) is 0. The van der Waals surface area contributed by atoms with E-state index in [4.69, 9.17) is 0 Å². The van der Waals surface area contributed by atoms with Gasteiger partial charge in [0.1, 0.15) is 17.0 Å². The van der Waals surface area contributed by atoms with Crippen LogP contribution in [0.5, 0.6) is 0 Å². The van der Waals surface area contributed by atoms with Gasteiger partial charge in [0, 0.05) is 24.1 Å². The molecule has 0 radical (unpaired) electrons. The summed E-state index contributed by atoms with van der Waals surface area (Å²) in [7, 11) is 1.68. The topological polar surface area (TPSA) is 39.8 Å². The molecule has 0 atom stereocenters. The molecule has 4 aromatic rings. The highest BCUT2D eigenvalue weighted by molar-refractivity contribution is 7.99. The maximum Gasteiger partial charge on any atom is 0.431 e. The van der Waals surface area contributed by atoms with Crippen LogP contribution in [0.25, 0.3) is 33.2 Å². The number of nitrogens with zero attached hydrogens (tertiary/aromatic N) is 3. The summed E-state index contributed by atoms with van der Waals surface area (Å²) in [5.41, 5.74) is -0.645. The molecule has 30 heavy (non-hydrogen) atoms. The van der Waals surface area contributed by atoms with Gasteiger partial charge in [-0.15, -0.1) is 11.8 Å². The first-order valence-electron chi connectivity index (χ1n) is 9.59. The van der Waals surface area contributed by atoms with Crippen LogP contribution in [0.1, 0.15) is 19.5 Å². The maximum absolute atomic E-state index is 13.5. The van der Waals surface area contributed by atoms with E-state index in [1.807, 2.05) is 37.3 Å². The van der Waals surface area contributed by atoms with Crippen molar-refractivity contribution in [2.45, 2.75) is 31.5 Å². The van der Waals surface area contributed by atoms with Gasteiger partial charge in [-0.1, -0.05) is 31.2 Å². The van der Waals surface area contributed by atoms with E-state index in [-0.39, 0.29) is 17.6 Å². The van der Waals surface area contributed by atoms with Crippen molar-refractivity contribution in [3.63, 3.8) is 0 Å². The van der Waals surface area contributed by atoms with E-state index >= 15 is 0 Å². The molecule has 0 saturated heterocycles. The summed E-state index contributed by atoms with van der Waals surface area (Å²) >= 11 is 1.63. The average Bonchev–Trinajstić information content (AvgIpc) is 3.03. The molecule has 2 aromatic carbocycles. The van der Waals surface area contributed by atoms with Gasteiger partial charge in [-0.2, -0.15) is 13.2 Å². The van der Waals surface area contributed by atoms with Gasteiger partial charge >= 0.3 is 6.18 Å². The molecule has 0 bridgehead atoms. The lowest BCUT2D eigenvalue weighted by Gasteiger charge is -2.14. The van der Waals surface area contributed by atoms with E-state index < -0.39 is 17.4 Å². The lowest BCUT2D eigenvalue weighted by molar-refractivity contribution is -0.144. The normalized spacial score (nSPS) is 12.2. The smallest absolute Gasteiger partial charge is 0.323 e. The van der Waals surface area contributed by atoms with Gasteiger partial charge in [-0.25, -0.2) is 4.98 Å². The second-order valence-electron chi connectivity index (χ2n) is 6.93. The van der Waals surface area contributed by atoms with Crippen molar-refractivity contribution >= 4 is 33.6 Å². The van der Waals surface area contributed by atoms with Crippen LogP contribution >= 0.6 is 11.8 Å². The molecule has 0 N–H and O–H groups in total. The highest BCUT2D eigenvalue weighted by atomic mass is 32.2. The van der Waals surface area contributed by atoms with E-state index in [1.54, 1.807) is 23.4 Å². The number of aromatic nitrogens is 3. The molecule has 4 nitrogen and oxygen atoms in total. The Bertz CT molecular complexity index is 1320. The molecule has 0 unspecified atom stereocenters. The molecule has 156 valence electrons. The Morgan fingerprint density at radius 2 is 1.73 bits per heavy atom. The molecule has 2 aromatic heterocycles. The van der Waals surface area contributed by atoms with Gasteiger partial charge in [0.2, 0.25) is 0 Å². The van der Waals surface area contributed by atoms with E-state index in [9.17, 15) is 18.0 Å². The minimum Gasteiger partial charge on any atom is -0.323 e. The Balaban J connectivity index is 2.05. The van der Waals surface area contributed by atoms with Gasteiger partial charge in [0.15, 0.2) is 0 Å². The molecule has 0 saturated carbocycles. The van der Waals surface area contributed by atoms with Crippen molar-refractivity contribution in [1.82, 2.24) is 14.1 Å². The van der Waals surface area contributed by atoms with E-state index in [0.29, 0.717) is 5.82 Å². The van der Waals surface area contributed by atoms with Crippen LogP contribution < -0.4 is 5.56 Å². The lowest BCUT2D eigenvalue weighted by atomic mass is 10.1. The molecule has 2 heterocycles. The Morgan fingerprint density at radius 1 is 1.07 bits per heavy atom. The van der Waals surface area contributed by atoms with Crippen molar-refractivity contribution < 1.29 is 13.2 Å². The van der Waals surface area contributed by atoms with Crippen LogP contribution in [-0.2, 0) is 19.8 Å². The second kappa shape index (κ2) is 7.50. The summed E-state index contributed by atoms with van der Waals surface area (Å²) in [5, 5.41) is 2.07. The van der Waals surface area contributed by atoms with Gasteiger partial charge < -0.3 is 9.13 Å². The summed E-state index contributed by atoms with van der Waals surface area (Å²) < 4.78 is 42.9. The largest absolute Gasteiger partial charge is 0.431 e. The van der Waals surface area contributed by atoms with Gasteiger partial charge in [-0.05, 0) is 41.6 Å². The van der Waals surface area contributed by atoms with Crippen LogP contribution in [0.3, 0.4) is 0 Å². The zero-order valence-electron chi connectivity index (χ0n) is 16.7. The molecular weight excluding hydrogens is 411 g/mol. The Kier molecular flexibility index (Phi) is 5.13. The number of rotatable bonds is 4. The van der Waals surface area contributed by atoms with Crippen molar-refractivity contribution in [2.75, 3.05) is 5.75 Å². The number of imidazole rings is 1. The molecule has 0 fully saturated rings. The van der Waals surface area contributed by atoms with Crippen LogP contribution in [0.15, 0.2) is 52.2 Å². The fourth-order valence-corrected chi connectivity index (χ4v) is 4.60. The first kappa shape index (κ1) is 20.5. The number of pyridine rings is 1. The Morgan fingerprint density at radius 3 is 2.33 bits per heavy atom. The number of halogens is 3. The summed E-state index contributed by atoms with van der Waals surface area (Å²) in [6, 6.07) is 12.9. The quantitative estimate of drug-likeness (QED) is 0.389. The van der Waals surface area contributed by atoms with Crippen molar-refractivity contribution in [3.05, 3.63) is 58.5 Å². The zero-order chi connectivity index (χ0) is 21.6. The standard InChI is InChI=1S/C22H20F3N3OS/c1-4-28-18(22(23,24)25)12-16-19(21(28)29)27(3)20(26-16)15-10-13-8-6-7-9-14(13)11-17(15)30-5-2/h6-12H,4-5H2,1-3H3. The lowest BCUT2D eigenvalue weighted by Crippen LogP contribution is -2.28. The summed E-state index contributed by atoms with van der Waals surface area (Å²) in [5.74, 6) is 1.31. The number of thioether (sulfide) groups is 1. The van der Waals surface area contributed by atoms with Gasteiger partial charge in [0.25, 0.3) is 5.56 Å². The summed E-state index contributed by atoms with van der Waals surface area (Å²) in [6.07, 6.45) is -4.63. The van der Waals surface area contributed by atoms with Gasteiger partial charge in [0.05, 0.1) is 5.52 Å². The van der Waals surface area contributed by atoms with Crippen LogP contribution in [0, 0.1) is 0 Å². The fraction of sp³-hybridized carbons (Fsp3) is 0.273. The predicted molar refractivity (Wildman–Crippen MR) is 115 cm³/mol. The molecule has 0 aliphatic rings. The fourth-order valence-electron chi connectivity index (χ4n) is 3.78. The summed E-state index contributed by atoms with van der Waals surface area (Å²) in [6.45, 7) is 3.49. The van der Waals surface area contributed by atoms with Gasteiger partial charge in [-0.3, -0.25) is 4.79 Å². The number of alkyl halides is 3. The monoisotopic (exact) mass is 431 g/mol. The molecule has 0 amide bonds. The van der Waals surface area contributed by atoms with Crippen LogP contribution in [-0.4, -0.2) is 19.9 Å². The molecule has 4 rings (SSSR count). The van der Waals surface area contributed by atoms with Crippen molar-refractivity contribution in [2.24, 2.45) is 7.05 Å². The molecule has 0 aliphatic heterocycles. The number of hydrogen-bond acceptors (Lipinski definition) is 3. The average molecular weight is 431 g/mol. The third-order valence-corrected chi connectivity index (χ3v) is 6.07. The molecule has 0 aliphatic carbocycles. The number of fused-ring (bicyclic) bond motifs is 2. The van der Waals surface area contributed by atoms with E-state index in [1.165, 1.54) is 6.92 Å². The first-order valence-corrected chi connectivity index (χ1v) is 10.6. The minimum absolute atomic E-state index is 0.0510. The third-order valence-electron chi connectivity index (χ3n) is 5.13. The number of benzene rings is 2. The third kappa shape index (κ3) is 3.29. The predicted octanol–water partition coefficient (Wildman–Crippen LogP) is 5.71. The van der Waals surface area contributed by atoms with E-state index in [2.05, 4.69) is 11.1 Å². The number of aryl methyl sites for hydroxylation is 1. The van der Waals surface area contributed by atoms with E-state index in [0.717, 1.165) is 37.6 Å². The molecule has 8 heteroatoms. The van der Waals surface area contributed by atoms with Crippen LogP contribution in [0.4, 0.5) is 13.2 Å². The highest BCUT2D eigenvalue weighted by Gasteiger charge is 2.35. The highest BCUT2D eigenvalue weighted by Crippen LogP contribution is 2.36. The van der Waals surface area contributed by atoms with Crippen molar-refractivity contribution in [1.29, 1.82) is 0 Å². The van der Waals surface area contributed by atoms with Crippen molar-refractivity contribution in [3.8, 4) is 11.4 Å². The summed E-state index contributed by atoms with van der Waals surface area (Å²) in [4.78, 5) is 18.4. The Labute approximate surface area is 175 Å². The molecular formula is C22H20F3N3OS. The molecule has 0 spiro atoms. The van der Waals surface area contributed by atoms with Crippen LogP contribution in [0.2, 0.25) is 0 Å². The maximum atomic E-state index is 13.5. The Hall–Kier alpha value is -2.74. The SMILES string of the molecule is CCSc1cc2ccccc2cc1-c1nc2cc(C(F)(F)F)n(CC)c(=O)c2n1C. The zero-order valence-corrected chi connectivity index (χ0v) is 17.6. The first-order chi connectivity index (χ1) is 14.3. The second-order valence-corrected chi connectivity index (χ2v) is 8.24. The minimum atomic E-state index is -4.63.